The highest BCUT2D eigenvalue weighted by Crippen LogP contribution is 2.36. The van der Waals surface area contributed by atoms with Crippen molar-refractivity contribution in [2.45, 2.75) is 39.2 Å². The Labute approximate surface area is 121 Å². The van der Waals surface area contributed by atoms with Crippen molar-refractivity contribution in [2.24, 2.45) is 5.41 Å². The second kappa shape index (κ2) is 5.81. The topological polar surface area (TPSA) is 41.3 Å². The molecule has 4 nitrogen and oxygen atoms in total. The molecule has 2 saturated heterocycles. The van der Waals surface area contributed by atoms with Crippen LogP contribution in [-0.4, -0.2) is 36.2 Å². The van der Waals surface area contributed by atoms with Crippen molar-refractivity contribution in [1.82, 2.24) is 15.4 Å². The zero-order valence-electron chi connectivity index (χ0n) is 11.8. The fraction of sp³-hybridized carbons (Fsp3) is 0.786. The first-order valence-electron chi connectivity index (χ1n) is 7.04. The Morgan fingerprint density at radius 3 is 3.05 bits per heavy atom. The number of aromatic nitrogens is 1. The average Bonchev–Trinajstić information content (AvgIpc) is 3.01. The van der Waals surface area contributed by atoms with Crippen molar-refractivity contribution in [2.75, 3.05) is 26.2 Å². The smallest absolute Gasteiger partial charge is 0.154 e. The third-order valence-electron chi connectivity index (χ3n) is 4.38. The highest BCUT2D eigenvalue weighted by molar-refractivity contribution is 5.85. The maximum absolute atomic E-state index is 5.47. The van der Waals surface area contributed by atoms with Gasteiger partial charge in [-0.05, 0) is 44.7 Å². The highest BCUT2D eigenvalue weighted by atomic mass is 35.5. The Morgan fingerprint density at radius 1 is 1.58 bits per heavy atom. The molecule has 0 aromatic carbocycles. The van der Waals surface area contributed by atoms with E-state index in [1.807, 2.05) is 6.92 Å². The zero-order valence-corrected chi connectivity index (χ0v) is 12.6. The van der Waals surface area contributed by atoms with E-state index in [1.165, 1.54) is 32.4 Å². The number of halogens is 1. The first-order chi connectivity index (χ1) is 8.66. The van der Waals surface area contributed by atoms with E-state index in [9.17, 15) is 0 Å². The Balaban J connectivity index is 0.00000133. The minimum atomic E-state index is 0. The fourth-order valence-corrected chi connectivity index (χ4v) is 3.37. The molecule has 2 aliphatic rings. The Hall–Kier alpha value is -0.580. The lowest BCUT2D eigenvalue weighted by molar-refractivity contribution is 0.146. The second-order valence-electron chi connectivity index (χ2n) is 6.24. The zero-order chi connectivity index (χ0) is 12.6. The van der Waals surface area contributed by atoms with Crippen LogP contribution in [0.5, 0.6) is 0 Å². The van der Waals surface area contributed by atoms with Crippen LogP contribution in [0.1, 0.15) is 43.7 Å². The molecule has 0 radical (unpaired) electrons. The predicted molar refractivity (Wildman–Crippen MR) is 77.6 cm³/mol. The SMILES string of the molecule is Cc1cc(C2CCCN2CC2(C)CCNC2)on1.Cl. The summed E-state index contributed by atoms with van der Waals surface area (Å²) in [6.45, 7) is 9.06. The molecule has 108 valence electrons. The lowest BCUT2D eigenvalue weighted by atomic mass is 9.89. The lowest BCUT2D eigenvalue weighted by Gasteiger charge is -2.32. The van der Waals surface area contributed by atoms with Gasteiger partial charge < -0.3 is 9.84 Å². The maximum atomic E-state index is 5.47. The standard InChI is InChI=1S/C14H23N3O.ClH/c1-11-8-13(18-16-11)12-4-3-7-17(12)10-14(2)5-6-15-9-14;/h8,12,15H,3-7,9-10H2,1-2H3;1H. The Morgan fingerprint density at radius 2 is 2.42 bits per heavy atom. The van der Waals surface area contributed by atoms with Crippen LogP contribution in [0.4, 0.5) is 0 Å². The minimum absolute atomic E-state index is 0. The number of likely N-dealkylation sites (tertiary alicyclic amines) is 1. The average molecular weight is 286 g/mol. The van der Waals surface area contributed by atoms with Crippen molar-refractivity contribution in [3.8, 4) is 0 Å². The van der Waals surface area contributed by atoms with Crippen LogP contribution in [0, 0.1) is 12.3 Å². The van der Waals surface area contributed by atoms with Crippen molar-refractivity contribution in [3.05, 3.63) is 17.5 Å². The van der Waals surface area contributed by atoms with Crippen molar-refractivity contribution >= 4 is 12.4 Å². The largest absolute Gasteiger partial charge is 0.359 e. The number of nitrogens with zero attached hydrogens (tertiary/aromatic N) is 2. The summed E-state index contributed by atoms with van der Waals surface area (Å²) >= 11 is 0. The molecule has 0 bridgehead atoms. The van der Waals surface area contributed by atoms with Crippen LogP contribution in [0.15, 0.2) is 10.6 Å². The molecule has 0 aliphatic carbocycles. The van der Waals surface area contributed by atoms with E-state index >= 15 is 0 Å². The molecular formula is C14H24ClN3O. The first kappa shape index (κ1) is 14.8. The third kappa shape index (κ3) is 3.12. The normalized spacial score (nSPS) is 31.6. The van der Waals surface area contributed by atoms with Gasteiger partial charge in [-0.25, -0.2) is 0 Å². The van der Waals surface area contributed by atoms with Gasteiger partial charge >= 0.3 is 0 Å². The summed E-state index contributed by atoms with van der Waals surface area (Å²) in [6.07, 6.45) is 3.76. The molecule has 1 aromatic rings. The first-order valence-corrected chi connectivity index (χ1v) is 7.04. The van der Waals surface area contributed by atoms with Crippen LogP contribution in [0.2, 0.25) is 0 Å². The monoisotopic (exact) mass is 285 g/mol. The lowest BCUT2D eigenvalue weighted by Crippen LogP contribution is -2.37. The number of aryl methyl sites for hydroxylation is 1. The molecule has 0 amide bonds. The van der Waals surface area contributed by atoms with Gasteiger partial charge in [-0.15, -0.1) is 12.4 Å². The van der Waals surface area contributed by atoms with E-state index in [0.29, 0.717) is 11.5 Å². The number of nitrogens with one attached hydrogen (secondary N) is 1. The summed E-state index contributed by atoms with van der Waals surface area (Å²) in [5, 5.41) is 7.51. The molecule has 0 saturated carbocycles. The summed E-state index contributed by atoms with van der Waals surface area (Å²) in [5.41, 5.74) is 1.42. The Kier molecular flexibility index (Phi) is 4.54. The molecule has 3 rings (SSSR count). The molecule has 2 unspecified atom stereocenters. The maximum Gasteiger partial charge on any atom is 0.154 e. The number of hydrogen-bond donors (Lipinski definition) is 1. The van der Waals surface area contributed by atoms with Gasteiger partial charge in [0.15, 0.2) is 5.76 Å². The Bertz CT molecular complexity index is 415. The summed E-state index contributed by atoms with van der Waals surface area (Å²) < 4.78 is 5.47. The highest BCUT2D eigenvalue weighted by Gasteiger charge is 2.36. The van der Waals surface area contributed by atoms with E-state index in [1.54, 1.807) is 0 Å². The van der Waals surface area contributed by atoms with Gasteiger partial charge in [0.05, 0.1) is 11.7 Å². The van der Waals surface area contributed by atoms with Gasteiger partial charge in [0.2, 0.25) is 0 Å². The molecule has 2 aliphatic heterocycles. The summed E-state index contributed by atoms with van der Waals surface area (Å²) in [5.74, 6) is 1.06. The van der Waals surface area contributed by atoms with Crippen molar-refractivity contribution in [3.63, 3.8) is 0 Å². The molecule has 1 aromatic heterocycles. The minimum Gasteiger partial charge on any atom is -0.359 e. The molecular weight excluding hydrogens is 262 g/mol. The van der Waals surface area contributed by atoms with Gasteiger partial charge in [-0.3, -0.25) is 4.90 Å². The van der Waals surface area contributed by atoms with Gasteiger partial charge in [-0.2, -0.15) is 0 Å². The molecule has 2 fully saturated rings. The second-order valence-corrected chi connectivity index (χ2v) is 6.24. The van der Waals surface area contributed by atoms with Gasteiger partial charge in [0, 0.05) is 19.2 Å². The van der Waals surface area contributed by atoms with Crippen LogP contribution >= 0.6 is 12.4 Å². The van der Waals surface area contributed by atoms with Gasteiger partial charge in [0.25, 0.3) is 0 Å². The van der Waals surface area contributed by atoms with Crippen LogP contribution < -0.4 is 5.32 Å². The van der Waals surface area contributed by atoms with E-state index in [2.05, 4.69) is 28.4 Å². The van der Waals surface area contributed by atoms with Crippen molar-refractivity contribution < 1.29 is 4.52 Å². The molecule has 3 heterocycles. The molecule has 2 atom stereocenters. The molecule has 5 heteroatoms. The van der Waals surface area contributed by atoms with Crippen LogP contribution in [0.3, 0.4) is 0 Å². The van der Waals surface area contributed by atoms with E-state index < -0.39 is 0 Å². The van der Waals surface area contributed by atoms with Crippen LogP contribution in [0.25, 0.3) is 0 Å². The van der Waals surface area contributed by atoms with E-state index in [-0.39, 0.29) is 12.4 Å². The summed E-state index contributed by atoms with van der Waals surface area (Å²) in [7, 11) is 0. The number of hydrogen-bond acceptors (Lipinski definition) is 4. The molecule has 0 spiro atoms. The third-order valence-corrected chi connectivity index (χ3v) is 4.38. The number of rotatable bonds is 3. The quantitative estimate of drug-likeness (QED) is 0.927. The van der Waals surface area contributed by atoms with E-state index in [4.69, 9.17) is 4.52 Å². The van der Waals surface area contributed by atoms with Crippen molar-refractivity contribution in [1.29, 1.82) is 0 Å². The van der Waals surface area contributed by atoms with Crippen LogP contribution in [-0.2, 0) is 0 Å². The summed E-state index contributed by atoms with van der Waals surface area (Å²) in [6, 6.07) is 2.54. The fourth-order valence-electron chi connectivity index (χ4n) is 3.37. The predicted octanol–water partition coefficient (Wildman–Crippen LogP) is 2.54. The summed E-state index contributed by atoms with van der Waals surface area (Å²) in [4.78, 5) is 2.59. The van der Waals surface area contributed by atoms with Gasteiger partial charge in [-0.1, -0.05) is 12.1 Å². The van der Waals surface area contributed by atoms with Gasteiger partial charge in [0.1, 0.15) is 0 Å². The molecule has 1 N–H and O–H groups in total. The van der Waals surface area contributed by atoms with E-state index in [0.717, 1.165) is 24.5 Å². The molecule has 19 heavy (non-hydrogen) atoms.